The van der Waals surface area contributed by atoms with E-state index in [1.165, 1.54) is 0 Å². The Hall–Kier alpha value is -4.28. The molecule has 0 bridgehead atoms. The zero-order valence-corrected chi connectivity index (χ0v) is 42.1. The Balaban J connectivity index is 0.000000191. The van der Waals surface area contributed by atoms with Gasteiger partial charge in [-0.25, -0.2) is 26.8 Å². The molecular formula is C44H48Br2N6O8S4. The lowest BCUT2D eigenvalue weighted by molar-refractivity contribution is 0.354. The Kier molecular flexibility index (Phi) is 15.9. The van der Waals surface area contributed by atoms with E-state index in [-0.39, 0.29) is 0 Å². The summed E-state index contributed by atoms with van der Waals surface area (Å²) >= 11 is 9.86. The van der Waals surface area contributed by atoms with E-state index in [9.17, 15) is 16.8 Å². The highest BCUT2D eigenvalue weighted by Gasteiger charge is 2.31. The Morgan fingerprint density at radius 1 is 0.531 bits per heavy atom. The smallest absolute Gasteiger partial charge is 0.243 e. The van der Waals surface area contributed by atoms with Crippen LogP contribution in [-0.4, -0.2) is 116 Å². The van der Waals surface area contributed by atoms with E-state index in [2.05, 4.69) is 47.0 Å². The van der Waals surface area contributed by atoms with Gasteiger partial charge < -0.3 is 28.7 Å². The largest absolute Gasteiger partial charge is 0.497 e. The number of hydrogen-bond donors (Lipinski definition) is 0. The second-order valence-corrected chi connectivity index (χ2v) is 22.1. The van der Waals surface area contributed by atoms with E-state index in [4.69, 9.17) is 28.9 Å². The summed E-state index contributed by atoms with van der Waals surface area (Å²) in [7, 11) is -0.491. The van der Waals surface area contributed by atoms with Crippen molar-refractivity contribution in [2.75, 3.05) is 90.6 Å². The molecule has 0 spiro atoms. The maximum absolute atomic E-state index is 12.9. The zero-order chi connectivity index (χ0) is 45.4. The predicted molar refractivity (Wildman–Crippen MR) is 259 cm³/mol. The Morgan fingerprint density at radius 2 is 0.984 bits per heavy atom. The number of rotatable bonds is 14. The molecule has 2 fully saturated rings. The molecule has 2 aliphatic rings. The van der Waals surface area contributed by atoms with Crippen LogP contribution in [0.25, 0.3) is 0 Å². The van der Waals surface area contributed by atoms with Crippen LogP contribution in [0.3, 0.4) is 0 Å². The van der Waals surface area contributed by atoms with E-state index in [1.54, 1.807) is 96.1 Å². The van der Waals surface area contributed by atoms with Gasteiger partial charge in [0, 0.05) is 91.0 Å². The number of anilines is 2. The van der Waals surface area contributed by atoms with Crippen molar-refractivity contribution in [3.8, 4) is 23.0 Å². The van der Waals surface area contributed by atoms with Gasteiger partial charge in [-0.2, -0.15) is 8.61 Å². The summed E-state index contributed by atoms with van der Waals surface area (Å²) in [6, 6.07) is 25.3. The Labute approximate surface area is 399 Å². The summed E-state index contributed by atoms with van der Waals surface area (Å²) in [6.07, 6.45) is 1.36. The van der Waals surface area contributed by atoms with Crippen LogP contribution in [0.4, 0.5) is 10.3 Å². The van der Waals surface area contributed by atoms with Gasteiger partial charge in [-0.15, -0.1) is 22.7 Å². The summed E-state index contributed by atoms with van der Waals surface area (Å²) in [5.74, 6) is 2.89. The molecule has 64 heavy (non-hydrogen) atoms. The number of nitrogens with zero attached hydrogens (tertiary/aromatic N) is 6. The second kappa shape index (κ2) is 21.4. The highest BCUT2D eigenvalue weighted by atomic mass is 79.9. The van der Waals surface area contributed by atoms with Crippen LogP contribution < -0.4 is 28.7 Å². The number of ether oxygens (including phenoxy) is 4. The molecule has 0 atom stereocenters. The first-order valence-corrected chi connectivity index (χ1v) is 26.3. The number of hydrogen-bond acceptors (Lipinski definition) is 14. The van der Waals surface area contributed by atoms with Crippen LogP contribution in [0.15, 0.2) is 114 Å². The number of halogens is 2. The maximum Gasteiger partial charge on any atom is 0.243 e. The summed E-state index contributed by atoms with van der Waals surface area (Å²) in [6.45, 7) is 4.14. The fourth-order valence-corrected chi connectivity index (χ4v) is 13.0. The van der Waals surface area contributed by atoms with E-state index < -0.39 is 20.0 Å². The number of benzene rings is 4. The summed E-state index contributed by atoms with van der Waals surface area (Å²) in [4.78, 5) is 14.5. The molecule has 0 unspecified atom stereocenters. The topological polar surface area (TPSA) is 144 Å². The highest BCUT2D eigenvalue weighted by Crippen LogP contribution is 2.32. The first kappa shape index (κ1) is 47.7. The van der Waals surface area contributed by atoms with Gasteiger partial charge in [-0.3, -0.25) is 0 Å². The minimum atomic E-state index is -3.50. The number of aromatic nitrogens is 2. The average molecular weight is 1080 g/mol. The molecule has 0 N–H and O–H groups in total. The van der Waals surface area contributed by atoms with E-state index in [1.807, 2.05) is 53.9 Å². The van der Waals surface area contributed by atoms with Crippen LogP contribution >= 0.6 is 54.5 Å². The Bertz CT molecular complexity index is 2740. The van der Waals surface area contributed by atoms with Crippen molar-refractivity contribution in [2.24, 2.45) is 0 Å². The lowest BCUT2D eigenvalue weighted by Crippen LogP contribution is -2.48. The van der Waals surface area contributed by atoms with Crippen molar-refractivity contribution >= 4 is 84.8 Å². The molecule has 14 nitrogen and oxygen atoms in total. The summed E-state index contributed by atoms with van der Waals surface area (Å²) < 4.78 is 77.8. The molecule has 2 saturated heterocycles. The number of methoxy groups -OCH3 is 4. The average Bonchev–Trinajstić information content (AvgIpc) is 3.99. The number of thiazole rings is 2. The summed E-state index contributed by atoms with van der Waals surface area (Å²) in [5.41, 5.74) is 4.08. The van der Waals surface area contributed by atoms with Crippen molar-refractivity contribution in [1.82, 2.24) is 18.6 Å². The lowest BCUT2D eigenvalue weighted by Gasteiger charge is -2.33. The van der Waals surface area contributed by atoms with Gasteiger partial charge in [0.25, 0.3) is 0 Å². The van der Waals surface area contributed by atoms with Crippen molar-refractivity contribution in [2.45, 2.75) is 22.6 Å². The standard InChI is InChI=1S/2C22H24BrN3O4S2/c1-29-19-11-16(12-20(14-19)30-2)10-18-15-31-22(24-18)25-6-8-26(9-7-25)32(27,28)21-5-3-4-17(23)13-21;1-29-20-7-6-16(13-21(20)30-2)12-18-15-31-22(24-18)25-8-10-26(11-9-25)32(27,28)19-5-3-4-17(23)14-19/h3-5,11-15H,6-10H2,1-2H3;3-7,13-15H,8-12H2,1-2H3. The van der Waals surface area contributed by atoms with Crippen LogP contribution in [0.2, 0.25) is 0 Å². The molecule has 0 aliphatic carbocycles. The van der Waals surface area contributed by atoms with Crippen LogP contribution in [0.1, 0.15) is 22.5 Å². The minimum Gasteiger partial charge on any atom is -0.497 e. The van der Waals surface area contributed by atoms with Crippen LogP contribution in [-0.2, 0) is 32.9 Å². The van der Waals surface area contributed by atoms with Crippen LogP contribution in [0, 0.1) is 0 Å². The maximum atomic E-state index is 12.9. The molecule has 0 radical (unpaired) electrons. The third-order valence-electron chi connectivity index (χ3n) is 10.6. The molecule has 0 saturated carbocycles. The van der Waals surface area contributed by atoms with Gasteiger partial charge in [-0.05, 0) is 71.8 Å². The first-order valence-electron chi connectivity index (χ1n) is 20.1. The SMILES string of the molecule is COc1cc(Cc2csc(N3CCN(S(=O)(=O)c4cccc(Br)c4)CC3)n2)cc(OC)c1.COc1ccc(Cc2csc(N3CCN(S(=O)(=O)c4cccc(Br)c4)CC3)n2)cc1OC. The normalized spacial score (nSPS) is 15.0. The molecule has 2 aliphatic heterocycles. The van der Waals surface area contributed by atoms with Crippen molar-refractivity contribution in [1.29, 1.82) is 0 Å². The van der Waals surface area contributed by atoms with E-state index in [0.717, 1.165) is 53.2 Å². The molecule has 4 heterocycles. The van der Waals surface area contributed by atoms with Crippen LogP contribution in [0.5, 0.6) is 23.0 Å². The van der Waals surface area contributed by atoms with Crippen molar-refractivity contribution in [3.63, 3.8) is 0 Å². The minimum absolute atomic E-state index is 0.311. The predicted octanol–water partition coefficient (Wildman–Crippen LogP) is 8.05. The summed E-state index contributed by atoms with van der Waals surface area (Å²) in [5, 5.41) is 5.93. The molecule has 8 rings (SSSR count). The van der Waals surface area contributed by atoms with Gasteiger partial charge in [0.1, 0.15) is 11.5 Å². The number of sulfonamides is 2. The molecular weight excluding hydrogens is 1030 g/mol. The molecule has 0 amide bonds. The third-order valence-corrected chi connectivity index (χ3v) is 17.3. The van der Waals surface area contributed by atoms with Gasteiger partial charge >= 0.3 is 0 Å². The van der Waals surface area contributed by atoms with Gasteiger partial charge in [-0.1, -0.05) is 50.1 Å². The molecule has 2 aromatic heterocycles. The second-order valence-electron chi connectivity index (χ2n) is 14.7. The van der Waals surface area contributed by atoms with E-state index in [0.29, 0.717) is 86.5 Å². The van der Waals surface area contributed by atoms with Crippen molar-refractivity contribution < 1.29 is 35.8 Å². The van der Waals surface area contributed by atoms with Gasteiger partial charge in [0.2, 0.25) is 20.0 Å². The van der Waals surface area contributed by atoms with E-state index >= 15 is 0 Å². The number of piperazine rings is 2. The quantitative estimate of drug-likeness (QED) is 0.104. The molecule has 340 valence electrons. The highest BCUT2D eigenvalue weighted by molar-refractivity contribution is 9.10. The Morgan fingerprint density at radius 3 is 1.41 bits per heavy atom. The molecule has 6 aromatic rings. The fraction of sp³-hybridized carbons (Fsp3) is 0.318. The van der Waals surface area contributed by atoms with Gasteiger partial charge in [0.05, 0.1) is 49.6 Å². The monoisotopic (exact) mass is 1070 g/mol. The zero-order valence-electron chi connectivity index (χ0n) is 35.6. The van der Waals surface area contributed by atoms with Gasteiger partial charge in [0.15, 0.2) is 21.8 Å². The van der Waals surface area contributed by atoms with Crippen molar-refractivity contribution in [3.05, 3.63) is 127 Å². The third kappa shape index (κ3) is 11.6. The molecule has 4 aromatic carbocycles. The fourth-order valence-electron chi connectivity index (χ4n) is 7.22. The first-order chi connectivity index (χ1) is 30.8. The molecule has 20 heteroatoms. The lowest BCUT2D eigenvalue weighted by atomic mass is 10.1.